The molecule has 2 aromatic carbocycles. The lowest BCUT2D eigenvalue weighted by Crippen LogP contribution is -2.28. The predicted molar refractivity (Wildman–Crippen MR) is 89.1 cm³/mol. The van der Waals surface area contributed by atoms with Gasteiger partial charge in [0.1, 0.15) is 11.6 Å². The van der Waals surface area contributed by atoms with Crippen LogP contribution >= 0.6 is 0 Å². The van der Waals surface area contributed by atoms with Gasteiger partial charge in [0.2, 0.25) is 0 Å². The zero-order chi connectivity index (χ0) is 16.7. The number of rotatable bonds is 7. The van der Waals surface area contributed by atoms with Crippen LogP contribution in [0.15, 0.2) is 48.5 Å². The number of anilines is 1. The highest BCUT2D eigenvalue weighted by molar-refractivity contribution is 5.77. The molecule has 1 atom stereocenters. The minimum Gasteiger partial charge on any atom is -0.484 e. The number of likely N-dealkylation sites (N-methyl/N-ethyl adjacent to an activating group) is 1. The van der Waals surface area contributed by atoms with E-state index in [0.29, 0.717) is 12.3 Å². The number of benzene rings is 2. The summed E-state index contributed by atoms with van der Waals surface area (Å²) in [5.74, 6) is 0.196. The predicted octanol–water partition coefficient (Wildman–Crippen LogP) is 3.51. The van der Waals surface area contributed by atoms with Gasteiger partial charge in [-0.15, -0.1) is 0 Å². The van der Waals surface area contributed by atoms with Crippen LogP contribution < -0.4 is 15.4 Å². The van der Waals surface area contributed by atoms with E-state index in [9.17, 15) is 9.18 Å². The Morgan fingerprint density at radius 2 is 2.00 bits per heavy atom. The van der Waals surface area contributed by atoms with Crippen LogP contribution in [-0.2, 0) is 4.79 Å². The number of carbonyl (C=O) groups is 1. The molecule has 0 spiro atoms. The Kier molecular flexibility index (Phi) is 5.97. The Bertz CT molecular complexity index is 661. The minimum atomic E-state index is -0.254. The summed E-state index contributed by atoms with van der Waals surface area (Å²) in [4.78, 5) is 11.4. The average Bonchev–Trinajstić information content (AvgIpc) is 2.53. The topological polar surface area (TPSA) is 50.4 Å². The number of halogens is 1. The Morgan fingerprint density at radius 3 is 2.74 bits per heavy atom. The number of nitrogens with one attached hydrogen (secondary N) is 2. The summed E-state index contributed by atoms with van der Waals surface area (Å²) in [6.45, 7) is 4.37. The van der Waals surface area contributed by atoms with Gasteiger partial charge in [0.15, 0.2) is 6.61 Å². The highest BCUT2D eigenvalue weighted by Crippen LogP contribution is 2.23. The third kappa shape index (κ3) is 5.29. The lowest BCUT2D eigenvalue weighted by atomic mass is 10.1. The van der Waals surface area contributed by atoms with Crippen molar-refractivity contribution in [2.75, 3.05) is 18.5 Å². The molecule has 0 aliphatic carbocycles. The Hall–Kier alpha value is -2.56. The number of hydrogen-bond donors (Lipinski definition) is 2. The molecule has 1 amide bonds. The molecule has 0 aromatic heterocycles. The molecule has 2 aromatic rings. The second-order valence-electron chi connectivity index (χ2n) is 5.19. The highest BCUT2D eigenvalue weighted by atomic mass is 19.1. The molecular formula is C18H21FN2O2. The molecule has 0 heterocycles. The Morgan fingerprint density at radius 1 is 1.22 bits per heavy atom. The van der Waals surface area contributed by atoms with Gasteiger partial charge in [-0.3, -0.25) is 4.79 Å². The number of ether oxygens (including phenoxy) is 1. The van der Waals surface area contributed by atoms with Crippen LogP contribution in [0, 0.1) is 5.82 Å². The standard InChI is InChI=1S/C18H21FN2O2/c1-3-20-18(22)12-23-17-9-5-8-16(11-17)21-13(2)14-6-4-7-15(19)10-14/h4-11,13,21H,3,12H2,1-2H3,(H,20,22)/t13-/m0/s1. The maximum atomic E-state index is 13.3. The van der Waals surface area contributed by atoms with E-state index in [4.69, 9.17) is 4.74 Å². The fourth-order valence-corrected chi connectivity index (χ4v) is 2.18. The Balaban J connectivity index is 1.98. The van der Waals surface area contributed by atoms with Crippen molar-refractivity contribution in [2.45, 2.75) is 19.9 Å². The van der Waals surface area contributed by atoms with Gasteiger partial charge in [-0.05, 0) is 43.7 Å². The molecular weight excluding hydrogens is 295 g/mol. The van der Waals surface area contributed by atoms with Crippen LogP contribution in [0.25, 0.3) is 0 Å². The van der Waals surface area contributed by atoms with Gasteiger partial charge in [0.05, 0.1) is 0 Å². The minimum absolute atomic E-state index is 0.0171. The third-order valence-corrected chi connectivity index (χ3v) is 3.31. The lowest BCUT2D eigenvalue weighted by molar-refractivity contribution is -0.122. The quantitative estimate of drug-likeness (QED) is 0.822. The molecule has 0 aliphatic rings. The third-order valence-electron chi connectivity index (χ3n) is 3.31. The number of amides is 1. The van der Waals surface area contributed by atoms with E-state index in [0.717, 1.165) is 11.3 Å². The molecule has 0 saturated heterocycles. The smallest absolute Gasteiger partial charge is 0.257 e. The van der Waals surface area contributed by atoms with Crippen molar-refractivity contribution < 1.29 is 13.9 Å². The second-order valence-corrected chi connectivity index (χ2v) is 5.19. The summed E-state index contributed by atoms with van der Waals surface area (Å²) in [5.41, 5.74) is 1.70. The van der Waals surface area contributed by atoms with Gasteiger partial charge in [0, 0.05) is 24.3 Å². The van der Waals surface area contributed by atoms with Crippen molar-refractivity contribution in [1.29, 1.82) is 0 Å². The maximum absolute atomic E-state index is 13.3. The van der Waals surface area contributed by atoms with Crippen molar-refractivity contribution in [1.82, 2.24) is 5.32 Å². The van der Waals surface area contributed by atoms with Gasteiger partial charge in [-0.2, -0.15) is 0 Å². The van der Waals surface area contributed by atoms with E-state index in [2.05, 4.69) is 10.6 Å². The molecule has 0 bridgehead atoms. The number of carbonyl (C=O) groups excluding carboxylic acids is 1. The van der Waals surface area contributed by atoms with Crippen molar-refractivity contribution >= 4 is 11.6 Å². The van der Waals surface area contributed by atoms with Gasteiger partial charge >= 0.3 is 0 Å². The van der Waals surface area contributed by atoms with E-state index in [1.165, 1.54) is 12.1 Å². The molecule has 122 valence electrons. The van der Waals surface area contributed by atoms with Crippen LogP contribution in [0.3, 0.4) is 0 Å². The average molecular weight is 316 g/mol. The first-order valence-electron chi connectivity index (χ1n) is 7.60. The molecule has 0 radical (unpaired) electrons. The van der Waals surface area contributed by atoms with Crippen molar-refractivity contribution in [2.24, 2.45) is 0 Å². The molecule has 0 unspecified atom stereocenters. The van der Waals surface area contributed by atoms with Crippen molar-refractivity contribution in [3.63, 3.8) is 0 Å². The van der Waals surface area contributed by atoms with E-state index >= 15 is 0 Å². The summed E-state index contributed by atoms with van der Waals surface area (Å²) in [6, 6.07) is 13.8. The normalized spacial score (nSPS) is 11.6. The maximum Gasteiger partial charge on any atom is 0.257 e. The fourth-order valence-electron chi connectivity index (χ4n) is 2.18. The van der Waals surface area contributed by atoms with Crippen LogP contribution in [0.4, 0.5) is 10.1 Å². The molecule has 2 rings (SSSR count). The highest BCUT2D eigenvalue weighted by Gasteiger charge is 2.07. The van der Waals surface area contributed by atoms with E-state index in [1.807, 2.05) is 38.1 Å². The van der Waals surface area contributed by atoms with E-state index < -0.39 is 0 Å². The molecule has 23 heavy (non-hydrogen) atoms. The second kappa shape index (κ2) is 8.17. The molecule has 0 saturated carbocycles. The SMILES string of the molecule is CCNC(=O)COc1cccc(N[C@@H](C)c2cccc(F)c2)c1. The molecule has 2 N–H and O–H groups in total. The summed E-state index contributed by atoms with van der Waals surface area (Å²) < 4.78 is 18.7. The van der Waals surface area contributed by atoms with Crippen LogP contribution in [0.2, 0.25) is 0 Å². The fraction of sp³-hybridized carbons (Fsp3) is 0.278. The first kappa shape index (κ1) is 16.8. The molecule has 0 aliphatic heterocycles. The molecule has 4 nitrogen and oxygen atoms in total. The summed E-state index contributed by atoms with van der Waals surface area (Å²) in [5, 5.41) is 5.97. The van der Waals surface area contributed by atoms with Crippen molar-refractivity contribution in [3.8, 4) is 5.75 Å². The van der Waals surface area contributed by atoms with Crippen LogP contribution in [0.1, 0.15) is 25.5 Å². The summed E-state index contributed by atoms with van der Waals surface area (Å²) >= 11 is 0. The first-order valence-corrected chi connectivity index (χ1v) is 7.60. The Labute approximate surface area is 135 Å². The zero-order valence-corrected chi connectivity index (χ0v) is 13.3. The van der Waals surface area contributed by atoms with Gasteiger partial charge in [-0.1, -0.05) is 18.2 Å². The first-order chi connectivity index (χ1) is 11.1. The van der Waals surface area contributed by atoms with Gasteiger partial charge in [-0.25, -0.2) is 4.39 Å². The van der Waals surface area contributed by atoms with Gasteiger partial charge < -0.3 is 15.4 Å². The summed E-state index contributed by atoms with van der Waals surface area (Å²) in [7, 11) is 0. The van der Waals surface area contributed by atoms with E-state index in [-0.39, 0.29) is 24.4 Å². The monoisotopic (exact) mass is 316 g/mol. The summed E-state index contributed by atoms with van der Waals surface area (Å²) in [6.07, 6.45) is 0. The van der Waals surface area contributed by atoms with Crippen LogP contribution in [-0.4, -0.2) is 19.1 Å². The van der Waals surface area contributed by atoms with Crippen molar-refractivity contribution in [3.05, 3.63) is 59.9 Å². The lowest BCUT2D eigenvalue weighted by Gasteiger charge is -2.16. The van der Waals surface area contributed by atoms with E-state index in [1.54, 1.807) is 12.1 Å². The number of hydrogen-bond acceptors (Lipinski definition) is 3. The molecule has 0 fully saturated rings. The molecule has 5 heteroatoms. The van der Waals surface area contributed by atoms with Crippen LogP contribution in [0.5, 0.6) is 5.75 Å². The zero-order valence-electron chi connectivity index (χ0n) is 13.3. The van der Waals surface area contributed by atoms with Gasteiger partial charge in [0.25, 0.3) is 5.91 Å². The largest absolute Gasteiger partial charge is 0.484 e.